The Morgan fingerprint density at radius 1 is 1.20 bits per heavy atom. The van der Waals surface area contributed by atoms with Crippen LogP contribution in [-0.4, -0.2) is 36.6 Å². The van der Waals surface area contributed by atoms with Crippen LogP contribution in [0.3, 0.4) is 0 Å². The number of nitrogens with zero attached hydrogens (tertiary/aromatic N) is 4. The number of nitrogens with one attached hydrogen (secondary N) is 2. The summed E-state index contributed by atoms with van der Waals surface area (Å²) in [7, 11) is -1.12. The summed E-state index contributed by atoms with van der Waals surface area (Å²) in [6.07, 6.45) is 4.11. The topological polar surface area (TPSA) is 106 Å². The van der Waals surface area contributed by atoms with Crippen LogP contribution < -0.4 is 9.60 Å². The van der Waals surface area contributed by atoms with Gasteiger partial charge >= 0.3 is 9.88 Å². The van der Waals surface area contributed by atoms with Gasteiger partial charge in [-0.2, -0.15) is 5.10 Å². The van der Waals surface area contributed by atoms with Gasteiger partial charge in [0.15, 0.2) is 15.8 Å². The van der Waals surface area contributed by atoms with E-state index in [4.69, 9.17) is 0 Å². The molecule has 0 radical (unpaired) electrons. The molecule has 0 saturated carbocycles. The molecule has 1 aromatic carbocycles. The standard InChI is InChI=1S/C20H26N6O2S2/c1-4-7-8-14-9-11-15(12-10-14)18-22-24-20(28)30(18)25-17(27)13-29-19-23-21-16(5-2)26(19)6-3/h9-12H,4-8,13H2,1-3H3,(H-,24,25,27,28)/p+1. The van der Waals surface area contributed by atoms with Crippen molar-refractivity contribution in [2.24, 2.45) is 0 Å². The average molecular weight is 448 g/mol. The van der Waals surface area contributed by atoms with Gasteiger partial charge in [0.05, 0.1) is 11.3 Å². The van der Waals surface area contributed by atoms with Crippen molar-refractivity contribution in [3.63, 3.8) is 0 Å². The number of aromatic amines is 1. The lowest BCUT2D eigenvalue weighted by molar-refractivity contribution is -0.113. The van der Waals surface area contributed by atoms with Gasteiger partial charge < -0.3 is 4.57 Å². The molecule has 10 heteroatoms. The van der Waals surface area contributed by atoms with Crippen LogP contribution in [0.5, 0.6) is 0 Å². The highest BCUT2D eigenvalue weighted by atomic mass is 32.2. The van der Waals surface area contributed by atoms with Gasteiger partial charge in [0.1, 0.15) is 5.82 Å². The molecule has 1 atom stereocenters. The van der Waals surface area contributed by atoms with Crippen LogP contribution in [0.4, 0.5) is 0 Å². The molecule has 0 aliphatic heterocycles. The minimum Gasteiger partial charge on any atom is -0.306 e. The number of amides is 1. The summed E-state index contributed by atoms with van der Waals surface area (Å²) in [6, 6.07) is 8.03. The van der Waals surface area contributed by atoms with Crippen LogP contribution in [0.25, 0.3) is 10.6 Å². The molecular weight excluding hydrogens is 420 g/mol. The van der Waals surface area contributed by atoms with Gasteiger partial charge in [0, 0.05) is 13.0 Å². The van der Waals surface area contributed by atoms with Crippen LogP contribution in [0.15, 0.2) is 34.2 Å². The number of thioether (sulfide) groups is 1. The second-order valence-electron chi connectivity index (χ2n) is 6.73. The molecule has 1 unspecified atom stereocenters. The van der Waals surface area contributed by atoms with E-state index >= 15 is 0 Å². The number of benzene rings is 1. The van der Waals surface area contributed by atoms with E-state index in [2.05, 4.69) is 44.2 Å². The van der Waals surface area contributed by atoms with Crippen molar-refractivity contribution in [3.05, 3.63) is 45.3 Å². The SMILES string of the molecule is CCCCc1ccc(-c2n[nH]c(=O)[s+]2NC(=O)CSc2nnc(CC)n2CC)cc1. The van der Waals surface area contributed by atoms with Gasteiger partial charge in [-0.1, -0.05) is 44.2 Å². The van der Waals surface area contributed by atoms with Crippen molar-refractivity contribution in [1.82, 2.24) is 25.0 Å². The molecule has 2 aromatic heterocycles. The fourth-order valence-corrected chi connectivity index (χ4v) is 5.25. The summed E-state index contributed by atoms with van der Waals surface area (Å²) in [5.41, 5.74) is 2.09. The van der Waals surface area contributed by atoms with E-state index in [0.717, 1.165) is 43.6 Å². The Hall–Kier alpha value is -2.46. The molecule has 0 bridgehead atoms. The maximum Gasteiger partial charge on any atom is 0.499 e. The van der Waals surface area contributed by atoms with Crippen molar-refractivity contribution in [1.29, 1.82) is 0 Å². The number of hydrogen-bond acceptors (Lipinski definition) is 6. The Bertz CT molecular complexity index is 1040. The van der Waals surface area contributed by atoms with Crippen molar-refractivity contribution in [2.75, 3.05) is 10.5 Å². The minimum absolute atomic E-state index is 0.155. The monoisotopic (exact) mass is 447 g/mol. The largest absolute Gasteiger partial charge is 0.499 e. The highest BCUT2D eigenvalue weighted by Crippen LogP contribution is 2.27. The molecule has 0 fully saturated rings. The number of rotatable bonds is 10. The van der Waals surface area contributed by atoms with Crippen LogP contribution in [0, 0.1) is 0 Å². The Balaban J connectivity index is 1.68. The zero-order valence-electron chi connectivity index (χ0n) is 17.5. The molecule has 3 rings (SSSR count). The first kappa shape index (κ1) is 22.2. The number of aryl methyl sites for hydroxylation is 2. The summed E-state index contributed by atoms with van der Waals surface area (Å²) in [6.45, 7) is 6.96. The smallest absolute Gasteiger partial charge is 0.306 e. The molecule has 30 heavy (non-hydrogen) atoms. The van der Waals surface area contributed by atoms with E-state index in [1.165, 1.54) is 17.3 Å². The number of carbonyl (C=O) groups is 1. The first-order valence-electron chi connectivity index (χ1n) is 10.1. The third-order valence-electron chi connectivity index (χ3n) is 4.62. The molecule has 0 saturated heterocycles. The predicted octanol–water partition coefficient (Wildman–Crippen LogP) is 3.56. The van der Waals surface area contributed by atoms with Gasteiger partial charge in [-0.25, -0.2) is 4.79 Å². The van der Waals surface area contributed by atoms with Crippen LogP contribution in [0.1, 0.15) is 45.0 Å². The maximum atomic E-state index is 12.5. The van der Waals surface area contributed by atoms with Gasteiger partial charge in [0.2, 0.25) is 0 Å². The zero-order valence-corrected chi connectivity index (χ0v) is 19.1. The van der Waals surface area contributed by atoms with Crippen molar-refractivity contribution in [3.8, 4) is 10.6 Å². The van der Waals surface area contributed by atoms with E-state index in [-0.39, 0.29) is 16.5 Å². The summed E-state index contributed by atoms with van der Waals surface area (Å²) >= 11 is 1.32. The molecule has 2 heterocycles. The summed E-state index contributed by atoms with van der Waals surface area (Å²) in [5.74, 6) is 0.813. The zero-order chi connectivity index (χ0) is 21.5. The highest BCUT2D eigenvalue weighted by molar-refractivity contribution is 7.99. The normalized spacial score (nSPS) is 11.6. The molecule has 0 spiro atoms. The second-order valence-corrected chi connectivity index (χ2v) is 9.25. The maximum absolute atomic E-state index is 12.5. The second kappa shape index (κ2) is 10.5. The molecule has 1 amide bonds. The molecule has 0 aliphatic rings. The van der Waals surface area contributed by atoms with Crippen molar-refractivity contribution in [2.45, 2.75) is 58.2 Å². The van der Waals surface area contributed by atoms with E-state index in [1.807, 2.05) is 30.5 Å². The fraction of sp³-hybridized carbons (Fsp3) is 0.450. The highest BCUT2D eigenvalue weighted by Gasteiger charge is 2.26. The Morgan fingerprint density at radius 2 is 1.97 bits per heavy atom. The average Bonchev–Trinajstić information content (AvgIpc) is 3.34. The first-order valence-corrected chi connectivity index (χ1v) is 12.3. The van der Waals surface area contributed by atoms with Gasteiger partial charge in [-0.05, 0) is 37.5 Å². The molecule has 2 N–H and O–H groups in total. The number of hydrogen-bond donors (Lipinski definition) is 2. The molecule has 0 aliphatic carbocycles. The number of carbonyl (C=O) groups excluding carboxylic acids is 1. The van der Waals surface area contributed by atoms with Crippen molar-refractivity contribution >= 4 is 28.3 Å². The number of unbranched alkanes of at least 4 members (excludes halogenated alkanes) is 1. The minimum atomic E-state index is -1.12. The lowest BCUT2D eigenvalue weighted by atomic mass is 10.1. The molecule has 8 nitrogen and oxygen atoms in total. The van der Waals surface area contributed by atoms with E-state index in [9.17, 15) is 9.59 Å². The quantitative estimate of drug-likeness (QED) is 0.364. The lowest BCUT2D eigenvalue weighted by Gasteiger charge is -2.04. The van der Waals surface area contributed by atoms with E-state index in [0.29, 0.717) is 10.2 Å². The van der Waals surface area contributed by atoms with Crippen LogP contribution >= 0.6 is 22.4 Å². The Kier molecular flexibility index (Phi) is 7.81. The van der Waals surface area contributed by atoms with Crippen LogP contribution in [0.2, 0.25) is 0 Å². The van der Waals surface area contributed by atoms with E-state index < -0.39 is 10.7 Å². The number of aromatic nitrogens is 5. The van der Waals surface area contributed by atoms with Gasteiger partial charge in [-0.15, -0.1) is 20.0 Å². The third-order valence-corrected chi connectivity index (χ3v) is 7.20. The van der Waals surface area contributed by atoms with Gasteiger partial charge in [-0.3, -0.25) is 4.79 Å². The predicted molar refractivity (Wildman–Crippen MR) is 122 cm³/mol. The summed E-state index contributed by atoms with van der Waals surface area (Å²) in [5, 5.41) is 16.2. The van der Waals surface area contributed by atoms with Gasteiger partial charge in [0.25, 0.3) is 5.91 Å². The summed E-state index contributed by atoms with van der Waals surface area (Å²) in [4.78, 5) is 24.5. The molecular formula is C20H27N6O2S2+. The fourth-order valence-electron chi connectivity index (χ4n) is 3.03. The molecule has 160 valence electrons. The van der Waals surface area contributed by atoms with Crippen molar-refractivity contribution < 1.29 is 4.79 Å². The lowest BCUT2D eigenvalue weighted by Crippen LogP contribution is -2.17. The first-order chi connectivity index (χ1) is 14.6. The molecule has 3 aromatic rings. The number of H-pyrrole nitrogens is 1. The third kappa shape index (κ3) is 5.17. The Labute approximate surface area is 182 Å². The summed E-state index contributed by atoms with van der Waals surface area (Å²) < 4.78 is 4.82. The Morgan fingerprint density at radius 3 is 2.63 bits per heavy atom. The van der Waals surface area contributed by atoms with E-state index in [1.54, 1.807) is 0 Å². The van der Waals surface area contributed by atoms with Crippen LogP contribution in [-0.2, 0) is 24.2 Å².